The van der Waals surface area contributed by atoms with Crippen LogP contribution in [0.5, 0.6) is 11.5 Å². The molecule has 2 unspecified atom stereocenters. The maximum Gasteiger partial charge on any atom is 0.258 e. The molecule has 0 radical (unpaired) electrons. The van der Waals surface area contributed by atoms with Gasteiger partial charge in [-0.1, -0.05) is 0 Å². The van der Waals surface area contributed by atoms with Gasteiger partial charge in [-0.2, -0.15) is 0 Å². The number of likely N-dealkylation sites (tertiary alicyclic amines) is 1. The van der Waals surface area contributed by atoms with Crippen LogP contribution in [0.15, 0.2) is 18.2 Å². The Balaban J connectivity index is 1.92. The van der Waals surface area contributed by atoms with E-state index in [0.717, 1.165) is 19.6 Å². The van der Waals surface area contributed by atoms with E-state index in [9.17, 15) is 9.90 Å². The number of nitrogens with zero attached hydrogens (tertiary/aromatic N) is 1. The largest absolute Gasteiger partial charge is 0.507 e. The molecule has 3 rings (SSSR count). The van der Waals surface area contributed by atoms with E-state index in [1.807, 2.05) is 4.90 Å². The molecule has 0 aromatic heterocycles. The van der Waals surface area contributed by atoms with Crippen molar-refractivity contribution in [2.75, 3.05) is 26.7 Å². The highest BCUT2D eigenvalue weighted by Gasteiger charge is 2.51. The molecule has 1 aromatic carbocycles. The summed E-state index contributed by atoms with van der Waals surface area (Å²) in [5, 5.41) is 13.4. The maximum atomic E-state index is 12.9. The first kappa shape index (κ1) is 14.2. The van der Waals surface area contributed by atoms with Crippen LogP contribution in [0.2, 0.25) is 0 Å². The van der Waals surface area contributed by atoms with E-state index in [0.29, 0.717) is 23.1 Å². The minimum atomic E-state index is -0.208. The Kier molecular flexibility index (Phi) is 3.32. The lowest BCUT2D eigenvalue weighted by Gasteiger charge is -2.35. The van der Waals surface area contributed by atoms with Gasteiger partial charge in [0.25, 0.3) is 5.91 Å². The van der Waals surface area contributed by atoms with E-state index >= 15 is 0 Å². The zero-order chi connectivity index (χ0) is 15.2. The number of hydrogen-bond acceptors (Lipinski definition) is 4. The molecule has 2 fully saturated rings. The van der Waals surface area contributed by atoms with Crippen LogP contribution in [0.1, 0.15) is 24.2 Å². The summed E-state index contributed by atoms with van der Waals surface area (Å²) >= 11 is 0. The van der Waals surface area contributed by atoms with E-state index in [1.54, 1.807) is 19.2 Å². The third kappa shape index (κ3) is 2.16. The second kappa shape index (κ2) is 4.91. The Morgan fingerprint density at radius 2 is 2.19 bits per heavy atom. The third-order valence-electron chi connectivity index (χ3n) is 5.04. The number of ether oxygens (including phenoxy) is 1. The molecule has 0 saturated carbocycles. The fourth-order valence-corrected chi connectivity index (χ4v) is 3.72. The van der Waals surface area contributed by atoms with Crippen molar-refractivity contribution in [2.45, 2.75) is 19.4 Å². The maximum absolute atomic E-state index is 12.9. The van der Waals surface area contributed by atoms with Gasteiger partial charge in [-0.15, -0.1) is 0 Å². The molecule has 2 N–H and O–H groups in total. The second-order valence-electron chi connectivity index (χ2n) is 6.48. The summed E-state index contributed by atoms with van der Waals surface area (Å²) in [5.41, 5.74) is 0.108. The fourth-order valence-electron chi connectivity index (χ4n) is 3.72. The lowest BCUT2D eigenvalue weighted by molar-refractivity contribution is 0.0600. The minimum Gasteiger partial charge on any atom is -0.507 e. The first-order valence-corrected chi connectivity index (χ1v) is 7.35. The topological polar surface area (TPSA) is 61.8 Å². The van der Waals surface area contributed by atoms with Gasteiger partial charge in [0.2, 0.25) is 0 Å². The highest BCUT2D eigenvalue weighted by molar-refractivity contribution is 5.98. The summed E-state index contributed by atoms with van der Waals surface area (Å²) in [4.78, 5) is 14.8. The number of methoxy groups -OCH3 is 1. The van der Waals surface area contributed by atoms with Crippen LogP contribution in [0, 0.1) is 11.8 Å². The molecule has 2 aliphatic heterocycles. The monoisotopic (exact) mass is 290 g/mol. The molecule has 0 aliphatic carbocycles. The summed E-state index contributed by atoms with van der Waals surface area (Å²) in [5.74, 6) is 1.43. The van der Waals surface area contributed by atoms with Crippen molar-refractivity contribution >= 4 is 5.91 Å². The van der Waals surface area contributed by atoms with Crippen molar-refractivity contribution < 1.29 is 14.6 Å². The van der Waals surface area contributed by atoms with Crippen molar-refractivity contribution in [3.8, 4) is 11.5 Å². The predicted molar refractivity (Wildman–Crippen MR) is 79.6 cm³/mol. The number of carbonyl (C=O) groups is 1. The quantitative estimate of drug-likeness (QED) is 0.866. The highest BCUT2D eigenvalue weighted by atomic mass is 16.5. The smallest absolute Gasteiger partial charge is 0.258 e. The number of benzene rings is 1. The zero-order valence-electron chi connectivity index (χ0n) is 12.7. The van der Waals surface area contributed by atoms with Crippen LogP contribution in [0.4, 0.5) is 0 Å². The van der Waals surface area contributed by atoms with Gasteiger partial charge in [-0.3, -0.25) is 4.79 Å². The van der Waals surface area contributed by atoms with E-state index < -0.39 is 0 Å². The average molecular weight is 290 g/mol. The fraction of sp³-hybridized carbons (Fsp3) is 0.562. The van der Waals surface area contributed by atoms with Gasteiger partial charge >= 0.3 is 0 Å². The molecular weight excluding hydrogens is 268 g/mol. The number of amides is 1. The molecule has 1 aromatic rings. The molecule has 2 atom stereocenters. The molecule has 1 amide bonds. The summed E-state index contributed by atoms with van der Waals surface area (Å²) < 4.78 is 5.16. The van der Waals surface area contributed by atoms with Gasteiger partial charge in [-0.05, 0) is 43.9 Å². The predicted octanol–water partition coefficient (Wildman–Crippen LogP) is 1.47. The first-order valence-electron chi connectivity index (χ1n) is 7.35. The Bertz CT molecular complexity index is 571. The SMILES string of the molecule is COc1ccc(O)c(C(=O)N2CC3CNCC3C2(C)C)c1. The molecular formula is C16H22N2O3. The number of phenolic OH excluding ortho intramolecular Hbond substituents is 1. The molecule has 114 valence electrons. The molecule has 5 nitrogen and oxygen atoms in total. The van der Waals surface area contributed by atoms with Crippen LogP contribution >= 0.6 is 0 Å². The molecule has 2 saturated heterocycles. The van der Waals surface area contributed by atoms with E-state index in [-0.39, 0.29) is 17.2 Å². The van der Waals surface area contributed by atoms with Crippen molar-refractivity contribution in [1.29, 1.82) is 0 Å². The summed E-state index contributed by atoms with van der Waals surface area (Å²) in [6.45, 7) is 6.87. The summed E-state index contributed by atoms with van der Waals surface area (Å²) in [6.07, 6.45) is 0. The standard InChI is InChI=1S/C16H22N2O3/c1-16(2)13-8-17-7-10(13)9-18(16)15(20)12-6-11(21-3)4-5-14(12)19/h4-6,10,13,17,19H,7-9H2,1-3H3. The number of carbonyl (C=O) groups excluding carboxylic acids is 1. The number of phenols is 1. The van der Waals surface area contributed by atoms with Gasteiger partial charge in [0.1, 0.15) is 11.5 Å². The Hall–Kier alpha value is -1.75. The van der Waals surface area contributed by atoms with Crippen LogP contribution in [0.25, 0.3) is 0 Å². The lowest BCUT2D eigenvalue weighted by Crippen LogP contribution is -2.47. The Morgan fingerprint density at radius 3 is 2.86 bits per heavy atom. The Labute approximate surface area is 124 Å². The number of rotatable bonds is 2. The minimum absolute atomic E-state index is 0.00628. The van der Waals surface area contributed by atoms with Crippen molar-refractivity contribution in [3.63, 3.8) is 0 Å². The van der Waals surface area contributed by atoms with Crippen molar-refractivity contribution in [1.82, 2.24) is 10.2 Å². The number of nitrogens with one attached hydrogen (secondary N) is 1. The van der Waals surface area contributed by atoms with Crippen LogP contribution in [0.3, 0.4) is 0 Å². The molecule has 2 heterocycles. The van der Waals surface area contributed by atoms with E-state index in [4.69, 9.17) is 4.74 Å². The van der Waals surface area contributed by atoms with Crippen molar-refractivity contribution in [2.24, 2.45) is 11.8 Å². The second-order valence-corrected chi connectivity index (χ2v) is 6.48. The van der Waals surface area contributed by atoms with Gasteiger partial charge in [0.15, 0.2) is 0 Å². The average Bonchev–Trinajstić information content (AvgIpc) is 3.01. The van der Waals surface area contributed by atoms with Crippen LogP contribution in [-0.2, 0) is 0 Å². The lowest BCUT2D eigenvalue weighted by atomic mass is 9.84. The zero-order valence-corrected chi connectivity index (χ0v) is 12.7. The number of fused-ring (bicyclic) bond motifs is 1. The summed E-state index contributed by atoms with van der Waals surface area (Å²) in [6, 6.07) is 4.78. The van der Waals surface area contributed by atoms with Crippen LogP contribution in [-0.4, -0.2) is 48.2 Å². The molecule has 5 heteroatoms. The third-order valence-corrected chi connectivity index (χ3v) is 5.04. The van der Waals surface area contributed by atoms with E-state index in [1.165, 1.54) is 6.07 Å². The van der Waals surface area contributed by atoms with Gasteiger partial charge < -0.3 is 20.1 Å². The molecule has 2 aliphatic rings. The summed E-state index contributed by atoms with van der Waals surface area (Å²) in [7, 11) is 1.55. The van der Waals surface area contributed by atoms with Crippen molar-refractivity contribution in [3.05, 3.63) is 23.8 Å². The molecule has 0 bridgehead atoms. The van der Waals surface area contributed by atoms with Crippen LogP contribution < -0.4 is 10.1 Å². The first-order chi connectivity index (χ1) is 9.95. The molecule has 0 spiro atoms. The molecule has 21 heavy (non-hydrogen) atoms. The van der Waals surface area contributed by atoms with Gasteiger partial charge in [0, 0.05) is 25.2 Å². The Morgan fingerprint density at radius 1 is 1.43 bits per heavy atom. The number of aromatic hydroxyl groups is 1. The highest BCUT2D eigenvalue weighted by Crippen LogP contribution is 2.42. The number of hydrogen-bond donors (Lipinski definition) is 2. The van der Waals surface area contributed by atoms with Gasteiger partial charge in [0.05, 0.1) is 12.7 Å². The van der Waals surface area contributed by atoms with Gasteiger partial charge in [-0.25, -0.2) is 0 Å². The normalized spacial score (nSPS) is 26.7. The van der Waals surface area contributed by atoms with E-state index in [2.05, 4.69) is 19.2 Å².